The molecule has 17 heavy (non-hydrogen) atoms. The van der Waals surface area contributed by atoms with Crippen LogP contribution < -0.4 is 5.32 Å². The first-order chi connectivity index (χ1) is 8.29. The second-order valence-corrected chi connectivity index (χ2v) is 6.07. The van der Waals surface area contributed by atoms with Crippen molar-refractivity contribution in [1.29, 1.82) is 0 Å². The monoisotopic (exact) mass is 252 g/mol. The van der Waals surface area contributed by atoms with Crippen LogP contribution in [0.25, 0.3) is 0 Å². The van der Waals surface area contributed by atoms with E-state index < -0.39 is 0 Å². The molecule has 0 spiro atoms. The molecule has 96 valence electrons. The smallest absolute Gasteiger partial charge is 0.0928 e. The zero-order chi connectivity index (χ0) is 12.1. The minimum absolute atomic E-state index is 0.715. The molecule has 1 unspecified atom stereocenters. The molecule has 1 aliphatic carbocycles. The van der Waals surface area contributed by atoms with Crippen LogP contribution >= 0.6 is 11.3 Å². The van der Waals surface area contributed by atoms with Gasteiger partial charge in [0, 0.05) is 23.5 Å². The fraction of sp³-hybridized carbons (Fsp3) is 0.786. The molecule has 1 aliphatic rings. The van der Waals surface area contributed by atoms with E-state index in [-0.39, 0.29) is 0 Å². The fourth-order valence-corrected chi connectivity index (χ4v) is 3.71. The maximum absolute atomic E-state index is 4.56. The third-order valence-corrected chi connectivity index (χ3v) is 4.80. The van der Waals surface area contributed by atoms with Crippen molar-refractivity contribution in [2.45, 2.75) is 58.4 Å². The van der Waals surface area contributed by atoms with Crippen LogP contribution in [0.4, 0.5) is 0 Å². The fourth-order valence-electron chi connectivity index (χ4n) is 2.92. The van der Waals surface area contributed by atoms with Gasteiger partial charge in [0.1, 0.15) is 0 Å². The molecular weight excluding hydrogens is 228 g/mol. The first-order valence-electron chi connectivity index (χ1n) is 6.94. The predicted octanol–water partition coefficient (Wildman–Crippen LogP) is 3.55. The number of thiazole rings is 1. The van der Waals surface area contributed by atoms with E-state index in [1.165, 1.54) is 42.8 Å². The largest absolute Gasteiger partial charge is 0.314 e. The Kier molecular flexibility index (Phi) is 4.99. The van der Waals surface area contributed by atoms with E-state index in [1.807, 2.05) is 11.3 Å². The molecule has 0 radical (unpaired) electrons. The maximum atomic E-state index is 4.56. The normalized spacial score (nSPS) is 18.7. The Morgan fingerprint density at radius 2 is 2.24 bits per heavy atom. The average Bonchev–Trinajstić information content (AvgIpc) is 2.95. The van der Waals surface area contributed by atoms with Crippen molar-refractivity contribution < 1.29 is 0 Å². The van der Waals surface area contributed by atoms with Gasteiger partial charge in [0.05, 0.1) is 5.01 Å². The Bertz CT molecular complexity index is 329. The molecule has 0 amide bonds. The average molecular weight is 252 g/mol. The summed E-state index contributed by atoms with van der Waals surface area (Å²) in [6, 6.07) is 0.715. The molecule has 1 aromatic heterocycles. The molecule has 2 nitrogen and oxygen atoms in total. The van der Waals surface area contributed by atoms with Crippen LogP contribution in [0, 0.1) is 12.8 Å². The van der Waals surface area contributed by atoms with Crippen LogP contribution in [0.3, 0.4) is 0 Å². The molecule has 1 atom stereocenters. The van der Waals surface area contributed by atoms with E-state index in [0.717, 1.165) is 18.9 Å². The van der Waals surface area contributed by atoms with Crippen LogP contribution in [0.5, 0.6) is 0 Å². The molecular formula is C14H24N2S. The highest BCUT2D eigenvalue weighted by Crippen LogP contribution is 2.29. The molecule has 1 fully saturated rings. The summed E-state index contributed by atoms with van der Waals surface area (Å²) in [5, 5.41) is 7.15. The van der Waals surface area contributed by atoms with Gasteiger partial charge >= 0.3 is 0 Å². The van der Waals surface area contributed by atoms with Crippen LogP contribution in [0.2, 0.25) is 0 Å². The molecule has 1 aromatic rings. The second-order valence-electron chi connectivity index (χ2n) is 5.13. The summed E-state index contributed by atoms with van der Waals surface area (Å²) in [6.07, 6.45) is 8.12. The van der Waals surface area contributed by atoms with Crippen molar-refractivity contribution in [3.63, 3.8) is 0 Å². The van der Waals surface area contributed by atoms with Gasteiger partial charge in [0.15, 0.2) is 0 Å². The van der Waals surface area contributed by atoms with Gasteiger partial charge in [-0.05, 0) is 38.6 Å². The van der Waals surface area contributed by atoms with E-state index in [1.54, 1.807) is 0 Å². The van der Waals surface area contributed by atoms with Crippen LogP contribution in [-0.4, -0.2) is 17.6 Å². The number of aromatic nitrogens is 1. The Morgan fingerprint density at radius 1 is 1.47 bits per heavy atom. The molecule has 0 aliphatic heterocycles. The third-order valence-electron chi connectivity index (χ3n) is 3.77. The zero-order valence-corrected chi connectivity index (χ0v) is 11.9. The zero-order valence-electron chi connectivity index (χ0n) is 11.0. The standard InChI is InChI=1S/C14H24N2S/c1-3-15-13(12-6-4-5-7-12)8-9-14-16-11(2)10-17-14/h10,12-13,15H,3-9H2,1-2H3. The van der Waals surface area contributed by atoms with Crippen molar-refractivity contribution in [2.75, 3.05) is 6.54 Å². The summed E-state index contributed by atoms with van der Waals surface area (Å²) >= 11 is 1.81. The summed E-state index contributed by atoms with van der Waals surface area (Å²) in [7, 11) is 0. The third kappa shape index (κ3) is 3.78. The number of hydrogen-bond donors (Lipinski definition) is 1. The van der Waals surface area contributed by atoms with Gasteiger partial charge in [-0.15, -0.1) is 11.3 Å². The lowest BCUT2D eigenvalue weighted by molar-refractivity contribution is 0.346. The van der Waals surface area contributed by atoms with E-state index in [0.29, 0.717) is 6.04 Å². The predicted molar refractivity (Wildman–Crippen MR) is 74.6 cm³/mol. The summed E-state index contributed by atoms with van der Waals surface area (Å²) < 4.78 is 0. The van der Waals surface area contributed by atoms with Gasteiger partial charge in [-0.1, -0.05) is 19.8 Å². The van der Waals surface area contributed by atoms with E-state index in [9.17, 15) is 0 Å². The molecule has 2 rings (SSSR count). The van der Waals surface area contributed by atoms with Crippen molar-refractivity contribution in [3.05, 3.63) is 16.1 Å². The van der Waals surface area contributed by atoms with Crippen molar-refractivity contribution in [2.24, 2.45) is 5.92 Å². The highest BCUT2D eigenvalue weighted by atomic mass is 32.1. The Morgan fingerprint density at radius 3 is 2.82 bits per heavy atom. The maximum Gasteiger partial charge on any atom is 0.0928 e. The molecule has 0 saturated heterocycles. The SMILES string of the molecule is CCNC(CCc1nc(C)cs1)C1CCCC1. The number of aryl methyl sites for hydroxylation is 2. The van der Waals surface area contributed by atoms with Gasteiger partial charge in [-0.2, -0.15) is 0 Å². The van der Waals surface area contributed by atoms with E-state index in [2.05, 4.69) is 29.5 Å². The molecule has 1 heterocycles. The van der Waals surface area contributed by atoms with Gasteiger partial charge in [-0.25, -0.2) is 4.98 Å². The molecule has 1 saturated carbocycles. The van der Waals surface area contributed by atoms with Gasteiger partial charge in [0.2, 0.25) is 0 Å². The van der Waals surface area contributed by atoms with Crippen LogP contribution in [0.15, 0.2) is 5.38 Å². The lowest BCUT2D eigenvalue weighted by Gasteiger charge is -2.23. The van der Waals surface area contributed by atoms with Gasteiger partial charge in [-0.3, -0.25) is 0 Å². The minimum Gasteiger partial charge on any atom is -0.314 e. The van der Waals surface area contributed by atoms with E-state index >= 15 is 0 Å². The number of rotatable bonds is 6. The van der Waals surface area contributed by atoms with Crippen molar-refractivity contribution in [3.8, 4) is 0 Å². The summed E-state index contributed by atoms with van der Waals surface area (Å²) in [5.74, 6) is 0.913. The second kappa shape index (κ2) is 6.50. The summed E-state index contributed by atoms with van der Waals surface area (Å²) in [6.45, 7) is 5.40. The summed E-state index contributed by atoms with van der Waals surface area (Å²) in [5.41, 5.74) is 1.17. The van der Waals surface area contributed by atoms with Gasteiger partial charge in [0.25, 0.3) is 0 Å². The highest BCUT2D eigenvalue weighted by Gasteiger charge is 2.24. The lowest BCUT2D eigenvalue weighted by Crippen LogP contribution is -2.35. The van der Waals surface area contributed by atoms with Crippen LogP contribution in [0.1, 0.15) is 49.7 Å². The van der Waals surface area contributed by atoms with Crippen molar-refractivity contribution >= 4 is 11.3 Å². The first kappa shape index (κ1) is 13.0. The number of nitrogens with one attached hydrogen (secondary N) is 1. The topological polar surface area (TPSA) is 24.9 Å². The highest BCUT2D eigenvalue weighted by molar-refractivity contribution is 7.09. The minimum atomic E-state index is 0.715. The van der Waals surface area contributed by atoms with Crippen LogP contribution in [-0.2, 0) is 6.42 Å². The van der Waals surface area contributed by atoms with Crippen molar-refractivity contribution in [1.82, 2.24) is 10.3 Å². The first-order valence-corrected chi connectivity index (χ1v) is 7.82. The van der Waals surface area contributed by atoms with E-state index in [4.69, 9.17) is 0 Å². The quantitative estimate of drug-likeness (QED) is 0.837. The lowest BCUT2D eigenvalue weighted by atomic mass is 9.94. The Balaban J connectivity index is 1.84. The summed E-state index contributed by atoms with van der Waals surface area (Å²) in [4.78, 5) is 4.56. The number of nitrogens with zero attached hydrogens (tertiary/aromatic N) is 1. The number of hydrogen-bond acceptors (Lipinski definition) is 3. The molecule has 0 bridgehead atoms. The molecule has 1 N–H and O–H groups in total. The Labute approximate surface area is 109 Å². The molecule has 0 aromatic carbocycles. The Hall–Kier alpha value is -0.410. The van der Waals surface area contributed by atoms with Gasteiger partial charge < -0.3 is 5.32 Å². The molecule has 3 heteroatoms.